The quantitative estimate of drug-likeness (QED) is 0.852. The van der Waals surface area contributed by atoms with E-state index in [1.54, 1.807) is 17.8 Å². The number of aryl methyl sites for hydroxylation is 1. The number of carboxylic acids is 1. The van der Waals surface area contributed by atoms with Gasteiger partial charge in [-0.2, -0.15) is 11.8 Å². The van der Waals surface area contributed by atoms with Crippen molar-refractivity contribution in [3.05, 3.63) is 28.2 Å². The van der Waals surface area contributed by atoms with Gasteiger partial charge in [0.1, 0.15) is 6.04 Å². The normalized spacial score (nSPS) is 18.7. The van der Waals surface area contributed by atoms with Gasteiger partial charge in [-0.15, -0.1) is 0 Å². The highest BCUT2D eigenvalue weighted by Crippen LogP contribution is 2.22. The fraction of sp³-hybridized carbons (Fsp3) is 0.385. The minimum absolute atomic E-state index is 0.358. The number of urea groups is 1. The number of anilines is 1. The first-order valence-electron chi connectivity index (χ1n) is 6.13. The van der Waals surface area contributed by atoms with Gasteiger partial charge in [-0.1, -0.05) is 15.9 Å². The van der Waals surface area contributed by atoms with Crippen molar-refractivity contribution in [2.45, 2.75) is 13.0 Å². The zero-order chi connectivity index (χ0) is 14.7. The summed E-state index contributed by atoms with van der Waals surface area (Å²) in [5.41, 5.74) is 1.62. The van der Waals surface area contributed by atoms with Crippen LogP contribution in [0.2, 0.25) is 0 Å². The first kappa shape index (κ1) is 15.2. The molecule has 0 aliphatic carbocycles. The Kier molecular flexibility index (Phi) is 4.93. The molecular weight excluding hydrogens is 344 g/mol. The Morgan fingerprint density at radius 1 is 1.50 bits per heavy atom. The summed E-state index contributed by atoms with van der Waals surface area (Å²) in [5, 5.41) is 12.0. The molecule has 20 heavy (non-hydrogen) atoms. The summed E-state index contributed by atoms with van der Waals surface area (Å²) in [4.78, 5) is 24.8. The van der Waals surface area contributed by atoms with Gasteiger partial charge in [-0.3, -0.25) is 0 Å². The standard InChI is InChI=1S/C13H15BrN2O3S/c1-8-6-9(14)2-3-10(8)15-13(19)16-4-5-20-7-11(16)12(17)18/h2-3,6,11H,4-5,7H2,1H3,(H,15,19)(H,17,18). The lowest BCUT2D eigenvalue weighted by atomic mass is 10.2. The van der Waals surface area contributed by atoms with Gasteiger partial charge in [-0.25, -0.2) is 9.59 Å². The first-order chi connectivity index (χ1) is 9.49. The van der Waals surface area contributed by atoms with Crippen LogP contribution in [0.4, 0.5) is 10.5 Å². The topological polar surface area (TPSA) is 69.6 Å². The van der Waals surface area contributed by atoms with Gasteiger partial charge >= 0.3 is 12.0 Å². The van der Waals surface area contributed by atoms with E-state index in [4.69, 9.17) is 0 Å². The molecule has 0 radical (unpaired) electrons. The van der Waals surface area contributed by atoms with Crippen molar-refractivity contribution in [2.75, 3.05) is 23.4 Å². The van der Waals surface area contributed by atoms with Crippen LogP contribution in [0.25, 0.3) is 0 Å². The monoisotopic (exact) mass is 358 g/mol. The molecule has 0 bridgehead atoms. The van der Waals surface area contributed by atoms with E-state index in [0.717, 1.165) is 15.8 Å². The lowest BCUT2D eigenvalue weighted by molar-refractivity contribution is -0.141. The van der Waals surface area contributed by atoms with Crippen LogP contribution in [0.3, 0.4) is 0 Å². The van der Waals surface area contributed by atoms with Crippen LogP contribution in [0, 0.1) is 6.92 Å². The van der Waals surface area contributed by atoms with Crippen LogP contribution in [0.1, 0.15) is 5.56 Å². The lowest BCUT2D eigenvalue weighted by Crippen LogP contribution is -2.51. The van der Waals surface area contributed by atoms with Crippen LogP contribution in [0.5, 0.6) is 0 Å². The van der Waals surface area contributed by atoms with E-state index in [0.29, 0.717) is 18.0 Å². The number of halogens is 1. The Morgan fingerprint density at radius 3 is 2.90 bits per heavy atom. The summed E-state index contributed by atoms with van der Waals surface area (Å²) in [7, 11) is 0. The SMILES string of the molecule is Cc1cc(Br)ccc1NC(=O)N1CCSCC1C(=O)O. The minimum Gasteiger partial charge on any atom is -0.480 e. The van der Waals surface area contributed by atoms with Crippen LogP contribution in [-0.4, -0.2) is 46.1 Å². The van der Waals surface area contributed by atoms with E-state index in [1.165, 1.54) is 4.90 Å². The van der Waals surface area contributed by atoms with Crippen LogP contribution >= 0.6 is 27.7 Å². The molecule has 1 heterocycles. The number of carboxylic acid groups (broad SMARTS) is 1. The molecule has 2 rings (SSSR count). The van der Waals surface area contributed by atoms with Gasteiger partial charge in [0.05, 0.1) is 0 Å². The summed E-state index contributed by atoms with van der Waals surface area (Å²) in [6.45, 7) is 2.34. The summed E-state index contributed by atoms with van der Waals surface area (Å²) < 4.78 is 0.936. The third-order valence-electron chi connectivity index (χ3n) is 3.10. The Morgan fingerprint density at radius 2 is 2.25 bits per heavy atom. The summed E-state index contributed by atoms with van der Waals surface area (Å²) >= 11 is 4.92. The molecule has 1 aromatic rings. The molecule has 0 aromatic heterocycles. The average molecular weight is 359 g/mol. The molecule has 1 unspecified atom stereocenters. The molecule has 1 aliphatic rings. The largest absolute Gasteiger partial charge is 0.480 e. The third kappa shape index (κ3) is 3.46. The number of amides is 2. The van der Waals surface area contributed by atoms with Gasteiger partial charge in [0.25, 0.3) is 0 Å². The molecule has 5 nitrogen and oxygen atoms in total. The van der Waals surface area contributed by atoms with E-state index in [2.05, 4.69) is 21.2 Å². The molecule has 7 heteroatoms. The predicted octanol–water partition coefficient (Wildman–Crippen LogP) is 2.79. The molecule has 0 saturated carbocycles. The highest BCUT2D eigenvalue weighted by Gasteiger charge is 2.32. The second-order valence-corrected chi connectivity index (χ2v) is 6.58. The second kappa shape index (κ2) is 6.49. The molecule has 1 atom stereocenters. The van der Waals surface area contributed by atoms with E-state index < -0.39 is 12.0 Å². The molecule has 2 N–H and O–H groups in total. The molecule has 1 fully saturated rings. The van der Waals surface area contributed by atoms with E-state index in [1.807, 2.05) is 19.1 Å². The number of nitrogens with one attached hydrogen (secondary N) is 1. The molecule has 1 aromatic carbocycles. The van der Waals surface area contributed by atoms with Crippen molar-refractivity contribution < 1.29 is 14.7 Å². The summed E-state index contributed by atoms with van der Waals surface area (Å²) in [6, 6.07) is 4.42. The van der Waals surface area contributed by atoms with Crippen molar-refractivity contribution in [3.63, 3.8) is 0 Å². The van der Waals surface area contributed by atoms with Gasteiger partial charge in [0.2, 0.25) is 0 Å². The van der Waals surface area contributed by atoms with Gasteiger partial charge in [0, 0.05) is 28.2 Å². The molecule has 0 spiro atoms. The van der Waals surface area contributed by atoms with E-state index in [9.17, 15) is 14.7 Å². The number of rotatable bonds is 2. The highest BCUT2D eigenvalue weighted by molar-refractivity contribution is 9.10. The highest BCUT2D eigenvalue weighted by atomic mass is 79.9. The van der Waals surface area contributed by atoms with Crippen molar-refractivity contribution in [1.82, 2.24) is 4.90 Å². The average Bonchev–Trinajstić information content (AvgIpc) is 2.41. The van der Waals surface area contributed by atoms with Gasteiger partial charge in [-0.05, 0) is 30.7 Å². The number of nitrogens with zero attached hydrogens (tertiary/aromatic N) is 1. The first-order valence-corrected chi connectivity index (χ1v) is 8.08. The molecule has 1 saturated heterocycles. The fourth-order valence-electron chi connectivity index (χ4n) is 2.01. The van der Waals surface area contributed by atoms with Crippen molar-refractivity contribution >= 4 is 45.4 Å². The van der Waals surface area contributed by atoms with Crippen LogP contribution in [-0.2, 0) is 4.79 Å². The Labute approximate surface area is 129 Å². The number of benzene rings is 1. The zero-order valence-corrected chi connectivity index (χ0v) is 13.3. The van der Waals surface area contributed by atoms with E-state index >= 15 is 0 Å². The minimum atomic E-state index is -0.958. The predicted molar refractivity (Wildman–Crippen MR) is 83.4 cm³/mol. The van der Waals surface area contributed by atoms with Crippen molar-refractivity contribution in [3.8, 4) is 0 Å². The molecular formula is C13H15BrN2O3S. The van der Waals surface area contributed by atoms with Gasteiger partial charge < -0.3 is 15.3 Å². The lowest BCUT2D eigenvalue weighted by Gasteiger charge is -2.32. The maximum Gasteiger partial charge on any atom is 0.327 e. The maximum absolute atomic E-state index is 12.3. The van der Waals surface area contributed by atoms with Crippen LogP contribution in [0.15, 0.2) is 22.7 Å². The molecule has 108 valence electrons. The van der Waals surface area contributed by atoms with Crippen molar-refractivity contribution in [1.29, 1.82) is 0 Å². The third-order valence-corrected chi connectivity index (χ3v) is 4.62. The second-order valence-electron chi connectivity index (χ2n) is 4.51. The number of aliphatic carboxylic acids is 1. The van der Waals surface area contributed by atoms with Crippen molar-refractivity contribution in [2.24, 2.45) is 0 Å². The molecule has 1 aliphatic heterocycles. The summed E-state index contributed by atoms with van der Waals surface area (Å²) in [5.74, 6) is 0.235. The number of thioether (sulfide) groups is 1. The zero-order valence-electron chi connectivity index (χ0n) is 10.9. The number of hydrogen-bond donors (Lipinski definition) is 2. The number of carbonyl (C=O) groups excluding carboxylic acids is 1. The van der Waals surface area contributed by atoms with Crippen LogP contribution < -0.4 is 5.32 Å². The fourth-order valence-corrected chi connectivity index (χ4v) is 3.52. The number of carbonyl (C=O) groups is 2. The Hall–Kier alpha value is -1.21. The maximum atomic E-state index is 12.3. The van der Waals surface area contributed by atoms with E-state index in [-0.39, 0.29) is 6.03 Å². The molecule has 2 amide bonds. The van der Waals surface area contributed by atoms with Gasteiger partial charge in [0.15, 0.2) is 0 Å². The smallest absolute Gasteiger partial charge is 0.327 e. The Bertz CT molecular complexity index is 538. The number of hydrogen-bond acceptors (Lipinski definition) is 3. The Balaban J connectivity index is 2.12. The summed E-state index contributed by atoms with van der Waals surface area (Å²) in [6.07, 6.45) is 0.